The average molecular weight is 459 g/mol. The third kappa shape index (κ3) is 4.59. The van der Waals surface area contributed by atoms with Crippen LogP contribution in [-0.2, 0) is 19.5 Å². The molecule has 1 fully saturated rings. The summed E-state index contributed by atoms with van der Waals surface area (Å²) < 4.78 is 29.7. The van der Waals surface area contributed by atoms with Gasteiger partial charge in [-0.15, -0.1) is 0 Å². The van der Waals surface area contributed by atoms with Crippen molar-refractivity contribution < 1.29 is 13.5 Å². The summed E-state index contributed by atoms with van der Waals surface area (Å²) in [6.45, 7) is 2.91. The fourth-order valence-electron chi connectivity index (χ4n) is 3.83. The van der Waals surface area contributed by atoms with E-state index in [9.17, 15) is 19.3 Å². The molecule has 2 aromatic heterocycles. The largest absolute Gasteiger partial charge is 0.472 e. The number of aryl methyl sites for hydroxylation is 1. The van der Waals surface area contributed by atoms with E-state index < -0.39 is 18.6 Å². The van der Waals surface area contributed by atoms with Crippen LogP contribution >= 0.6 is 11.6 Å². The van der Waals surface area contributed by atoms with Crippen LogP contribution in [0.3, 0.4) is 0 Å². The second-order valence-corrected chi connectivity index (χ2v) is 8.43. The molecule has 4 rings (SSSR count). The number of hydrogen-bond acceptors (Lipinski definition) is 7. The molecule has 0 aromatic carbocycles. The van der Waals surface area contributed by atoms with Gasteiger partial charge in [-0.1, -0.05) is 17.7 Å². The van der Waals surface area contributed by atoms with Crippen molar-refractivity contribution in [3.63, 3.8) is 0 Å². The maximum absolute atomic E-state index is 12.3. The molecular formula is C22H21ClF2N6O. The van der Waals surface area contributed by atoms with E-state index in [2.05, 4.69) is 32.3 Å². The molecule has 1 aliphatic heterocycles. The minimum absolute atomic E-state index is 0.128. The predicted molar refractivity (Wildman–Crippen MR) is 113 cm³/mol. The summed E-state index contributed by atoms with van der Waals surface area (Å²) in [5.74, 6) is 0.753. The fraction of sp³-hybridized carbons (Fsp3) is 0.455. The topological polar surface area (TPSA) is 97.9 Å². The van der Waals surface area contributed by atoms with Gasteiger partial charge in [0.05, 0.1) is 11.6 Å². The number of halogens is 3. The highest BCUT2D eigenvalue weighted by Crippen LogP contribution is 2.41. The van der Waals surface area contributed by atoms with E-state index in [1.165, 1.54) is 0 Å². The number of alkyl halides is 2. The molecule has 3 heterocycles. The normalized spacial score (nSPS) is 16.7. The van der Waals surface area contributed by atoms with Crippen LogP contribution in [0.1, 0.15) is 40.8 Å². The molecule has 0 bridgehead atoms. The van der Waals surface area contributed by atoms with Crippen LogP contribution in [-0.4, -0.2) is 40.0 Å². The van der Waals surface area contributed by atoms with Crippen molar-refractivity contribution in [1.82, 2.24) is 14.9 Å². The van der Waals surface area contributed by atoms with E-state index in [1.54, 1.807) is 6.07 Å². The highest BCUT2D eigenvalue weighted by Gasteiger charge is 2.44. The lowest BCUT2D eigenvalue weighted by molar-refractivity contribution is 0.0795. The Balaban J connectivity index is 1.54. The number of ether oxygens (including phenoxy) is 1. The van der Waals surface area contributed by atoms with Gasteiger partial charge in [0.1, 0.15) is 22.6 Å². The summed E-state index contributed by atoms with van der Waals surface area (Å²) in [6.07, 6.45) is -0.386. The van der Waals surface area contributed by atoms with Gasteiger partial charge in [-0.3, -0.25) is 4.90 Å². The van der Waals surface area contributed by atoms with Gasteiger partial charge in [-0.2, -0.15) is 10.5 Å². The number of anilines is 1. The van der Waals surface area contributed by atoms with Crippen LogP contribution in [0.25, 0.3) is 0 Å². The Bertz CT molecular complexity index is 1120. The zero-order chi connectivity index (χ0) is 22.9. The van der Waals surface area contributed by atoms with E-state index in [0.717, 1.165) is 36.1 Å². The van der Waals surface area contributed by atoms with Gasteiger partial charge in [0.2, 0.25) is 5.88 Å². The van der Waals surface area contributed by atoms with Crippen LogP contribution < -0.4 is 10.1 Å². The van der Waals surface area contributed by atoms with Crippen molar-refractivity contribution >= 4 is 17.4 Å². The lowest BCUT2D eigenvalue weighted by Crippen LogP contribution is -2.33. The summed E-state index contributed by atoms with van der Waals surface area (Å²) in [6, 6.07) is 7.87. The smallest absolute Gasteiger partial charge is 0.272 e. The first kappa shape index (κ1) is 22.2. The number of rotatable bonds is 7. The predicted octanol–water partition coefficient (Wildman–Crippen LogP) is 3.98. The Morgan fingerprint density at radius 1 is 1.28 bits per heavy atom. The number of nitriles is 2. The zero-order valence-electron chi connectivity index (χ0n) is 17.5. The molecular weight excluding hydrogens is 438 g/mol. The van der Waals surface area contributed by atoms with Gasteiger partial charge in [-0.05, 0) is 37.3 Å². The number of nitrogens with zero attached hydrogens (tertiary/aromatic N) is 5. The molecule has 2 aliphatic rings. The lowest BCUT2D eigenvalue weighted by atomic mass is 9.96. The molecule has 0 atom stereocenters. The molecule has 166 valence electrons. The molecule has 0 amide bonds. The van der Waals surface area contributed by atoms with Crippen molar-refractivity contribution in [1.29, 1.82) is 10.5 Å². The average Bonchev–Trinajstić information content (AvgIpc) is 3.54. The maximum Gasteiger partial charge on any atom is 0.272 e. The van der Waals surface area contributed by atoms with Crippen LogP contribution in [0.15, 0.2) is 12.1 Å². The first-order valence-corrected chi connectivity index (χ1v) is 10.6. The molecule has 0 spiro atoms. The van der Waals surface area contributed by atoms with Crippen molar-refractivity contribution in [2.45, 2.75) is 51.2 Å². The molecule has 2 aromatic rings. The lowest BCUT2D eigenvalue weighted by Gasteiger charge is -2.31. The van der Waals surface area contributed by atoms with Gasteiger partial charge >= 0.3 is 0 Å². The number of aromatic nitrogens is 2. The summed E-state index contributed by atoms with van der Waals surface area (Å²) in [7, 11) is 0. The molecule has 0 unspecified atom stereocenters. The Morgan fingerprint density at radius 3 is 2.69 bits per heavy atom. The summed E-state index contributed by atoms with van der Waals surface area (Å²) in [5.41, 5.74) is 3.14. The fourth-order valence-corrected chi connectivity index (χ4v) is 4.07. The molecule has 1 saturated carbocycles. The number of pyridine rings is 2. The van der Waals surface area contributed by atoms with Crippen molar-refractivity contribution in [2.75, 3.05) is 18.5 Å². The SMILES string of the molecule is Cc1nc(OCC(F)F)ccc1CN1CCc2c(NC3(C#N)CC3)nc(Cl)c(C#N)c2C1. The van der Waals surface area contributed by atoms with Gasteiger partial charge < -0.3 is 10.1 Å². The first-order valence-electron chi connectivity index (χ1n) is 10.2. The van der Waals surface area contributed by atoms with Crippen LogP contribution in [0.5, 0.6) is 5.88 Å². The quantitative estimate of drug-likeness (QED) is 0.626. The zero-order valence-corrected chi connectivity index (χ0v) is 18.2. The minimum atomic E-state index is -2.55. The van der Waals surface area contributed by atoms with Crippen molar-refractivity contribution in [3.8, 4) is 18.0 Å². The molecule has 1 N–H and O–H groups in total. The molecule has 0 radical (unpaired) electrons. The highest BCUT2D eigenvalue weighted by atomic mass is 35.5. The number of nitrogens with one attached hydrogen (secondary N) is 1. The van der Waals surface area contributed by atoms with Gasteiger partial charge in [0, 0.05) is 37.0 Å². The van der Waals surface area contributed by atoms with Crippen LogP contribution in [0.4, 0.5) is 14.6 Å². The summed E-state index contributed by atoms with van der Waals surface area (Å²) in [4.78, 5) is 10.8. The Kier molecular flexibility index (Phi) is 6.14. The molecule has 7 nitrogen and oxygen atoms in total. The highest BCUT2D eigenvalue weighted by molar-refractivity contribution is 6.30. The Labute approximate surface area is 189 Å². The molecule has 0 saturated heterocycles. The van der Waals surface area contributed by atoms with Gasteiger partial charge in [0.25, 0.3) is 6.43 Å². The first-order chi connectivity index (χ1) is 15.3. The third-order valence-electron chi connectivity index (χ3n) is 5.78. The summed E-state index contributed by atoms with van der Waals surface area (Å²) in [5, 5.41) is 22.4. The monoisotopic (exact) mass is 458 g/mol. The van der Waals surface area contributed by atoms with Gasteiger partial charge in [-0.25, -0.2) is 18.7 Å². The Hall–Kier alpha value is -3.01. The van der Waals surface area contributed by atoms with E-state index in [4.69, 9.17) is 16.3 Å². The third-order valence-corrected chi connectivity index (χ3v) is 6.06. The van der Waals surface area contributed by atoms with E-state index >= 15 is 0 Å². The molecule has 1 aliphatic carbocycles. The number of fused-ring (bicyclic) bond motifs is 1. The summed E-state index contributed by atoms with van der Waals surface area (Å²) >= 11 is 6.31. The second-order valence-electron chi connectivity index (χ2n) is 8.07. The van der Waals surface area contributed by atoms with Crippen LogP contribution in [0.2, 0.25) is 5.15 Å². The molecule has 10 heteroatoms. The van der Waals surface area contributed by atoms with Crippen molar-refractivity contribution in [2.24, 2.45) is 0 Å². The molecule has 32 heavy (non-hydrogen) atoms. The standard InChI is InChI=1S/C22H21ClF2N6O/c1-13-14(2-3-19(28-13)32-11-18(24)25)9-31-7-4-15-17(10-31)16(8-26)20(23)29-21(15)30-22(12-27)5-6-22/h2-3,18H,4-7,9-11H2,1H3,(H,29,30). The minimum Gasteiger partial charge on any atom is -0.472 e. The van der Waals surface area contributed by atoms with Crippen molar-refractivity contribution in [3.05, 3.63) is 45.2 Å². The Morgan fingerprint density at radius 2 is 2.06 bits per heavy atom. The van der Waals surface area contributed by atoms with E-state index in [0.29, 0.717) is 36.6 Å². The number of hydrogen-bond donors (Lipinski definition) is 1. The van der Waals surface area contributed by atoms with Gasteiger partial charge in [0.15, 0.2) is 6.61 Å². The second kappa shape index (κ2) is 8.85. The maximum atomic E-state index is 12.3. The van der Waals surface area contributed by atoms with E-state index in [-0.39, 0.29) is 11.0 Å². The van der Waals surface area contributed by atoms with E-state index in [1.807, 2.05) is 13.0 Å². The van der Waals surface area contributed by atoms with Crippen LogP contribution in [0, 0.1) is 29.6 Å².